The number of phenols is 1. The van der Waals surface area contributed by atoms with E-state index in [0.29, 0.717) is 11.3 Å². The van der Waals surface area contributed by atoms with Gasteiger partial charge in [-0.15, -0.1) is 0 Å². The molecule has 64 valence electrons. The van der Waals surface area contributed by atoms with Crippen LogP contribution in [0.15, 0.2) is 27.8 Å². The molecule has 4 heteroatoms. The summed E-state index contributed by atoms with van der Waals surface area (Å²) >= 11 is 3.29. The van der Waals surface area contributed by atoms with Crippen molar-refractivity contribution in [3.05, 3.63) is 28.2 Å². The van der Waals surface area contributed by atoms with Crippen LogP contribution in [0.5, 0.6) is 5.75 Å². The van der Waals surface area contributed by atoms with Gasteiger partial charge >= 0.3 is 0 Å². The second-order valence-corrected chi connectivity index (χ2v) is 3.29. The minimum Gasteiger partial charge on any atom is -0.507 e. The molecular formula is C8H9BrN2O. The third kappa shape index (κ3) is 1.76. The zero-order valence-electron chi connectivity index (χ0n) is 6.58. The number of hydrazone groups is 1. The number of aromatic hydroxyl groups is 1. The molecule has 0 heterocycles. The summed E-state index contributed by atoms with van der Waals surface area (Å²) in [5, 5.41) is 12.9. The average molecular weight is 229 g/mol. The van der Waals surface area contributed by atoms with Crippen molar-refractivity contribution in [2.24, 2.45) is 10.9 Å². The van der Waals surface area contributed by atoms with Crippen molar-refractivity contribution in [2.75, 3.05) is 0 Å². The third-order valence-electron chi connectivity index (χ3n) is 1.54. The van der Waals surface area contributed by atoms with Crippen LogP contribution >= 0.6 is 15.9 Å². The molecular weight excluding hydrogens is 220 g/mol. The van der Waals surface area contributed by atoms with Gasteiger partial charge in [0.15, 0.2) is 0 Å². The molecule has 1 aromatic rings. The largest absolute Gasteiger partial charge is 0.507 e. The molecule has 0 saturated carbocycles. The fourth-order valence-electron chi connectivity index (χ4n) is 0.868. The summed E-state index contributed by atoms with van der Waals surface area (Å²) in [5.74, 6) is 5.27. The quantitative estimate of drug-likeness (QED) is 0.438. The Bertz CT molecular complexity index is 323. The Labute approximate surface area is 79.0 Å². The van der Waals surface area contributed by atoms with E-state index in [1.54, 1.807) is 25.1 Å². The Kier molecular flexibility index (Phi) is 2.70. The first-order valence-corrected chi connectivity index (χ1v) is 4.18. The molecule has 1 aromatic carbocycles. The van der Waals surface area contributed by atoms with Crippen LogP contribution in [0.1, 0.15) is 12.5 Å². The van der Waals surface area contributed by atoms with Crippen LogP contribution in [0.4, 0.5) is 0 Å². The molecule has 0 aliphatic rings. The lowest BCUT2D eigenvalue weighted by Gasteiger charge is -2.02. The molecule has 0 saturated heterocycles. The number of nitrogens with zero attached hydrogens (tertiary/aromatic N) is 1. The van der Waals surface area contributed by atoms with Crippen molar-refractivity contribution in [1.82, 2.24) is 0 Å². The predicted molar refractivity (Wildman–Crippen MR) is 52.2 cm³/mol. The van der Waals surface area contributed by atoms with Crippen LogP contribution in [-0.4, -0.2) is 10.8 Å². The predicted octanol–water partition coefficient (Wildman–Crippen LogP) is 1.84. The monoisotopic (exact) mass is 228 g/mol. The smallest absolute Gasteiger partial charge is 0.124 e. The van der Waals surface area contributed by atoms with Crippen LogP contribution in [0.25, 0.3) is 0 Å². The van der Waals surface area contributed by atoms with E-state index in [1.807, 2.05) is 0 Å². The maximum atomic E-state index is 9.38. The molecule has 12 heavy (non-hydrogen) atoms. The molecule has 3 N–H and O–H groups in total. The summed E-state index contributed by atoms with van der Waals surface area (Å²) in [4.78, 5) is 0. The molecule has 0 spiro atoms. The Hall–Kier alpha value is -1.03. The summed E-state index contributed by atoms with van der Waals surface area (Å²) in [6, 6.07) is 5.11. The number of rotatable bonds is 1. The lowest BCUT2D eigenvalue weighted by atomic mass is 10.1. The first kappa shape index (κ1) is 9.06. The molecule has 1 rings (SSSR count). The summed E-state index contributed by atoms with van der Waals surface area (Å²) in [6.45, 7) is 1.74. The highest BCUT2D eigenvalue weighted by Crippen LogP contribution is 2.22. The fourth-order valence-corrected chi connectivity index (χ4v) is 1.23. The topological polar surface area (TPSA) is 58.6 Å². The second-order valence-electron chi connectivity index (χ2n) is 2.38. The van der Waals surface area contributed by atoms with Gasteiger partial charge in [-0.1, -0.05) is 15.9 Å². The highest BCUT2D eigenvalue weighted by atomic mass is 79.9. The number of benzene rings is 1. The van der Waals surface area contributed by atoms with Gasteiger partial charge in [0.25, 0.3) is 0 Å². The number of hydrogen-bond acceptors (Lipinski definition) is 3. The maximum absolute atomic E-state index is 9.38. The van der Waals surface area contributed by atoms with E-state index in [1.165, 1.54) is 0 Å². The molecule has 0 unspecified atom stereocenters. The number of halogens is 1. The van der Waals surface area contributed by atoms with Gasteiger partial charge in [0.2, 0.25) is 0 Å². The minimum absolute atomic E-state index is 0.185. The highest BCUT2D eigenvalue weighted by molar-refractivity contribution is 9.10. The van der Waals surface area contributed by atoms with Gasteiger partial charge in [-0.2, -0.15) is 5.10 Å². The van der Waals surface area contributed by atoms with Gasteiger partial charge < -0.3 is 10.9 Å². The second kappa shape index (κ2) is 3.58. The van der Waals surface area contributed by atoms with Crippen LogP contribution in [-0.2, 0) is 0 Å². The van der Waals surface area contributed by atoms with E-state index in [9.17, 15) is 5.11 Å². The molecule has 0 fully saturated rings. The average Bonchev–Trinajstić information content (AvgIpc) is 2.08. The number of nitrogens with two attached hydrogens (primary N) is 1. The van der Waals surface area contributed by atoms with Crippen molar-refractivity contribution in [2.45, 2.75) is 6.92 Å². The summed E-state index contributed by atoms with van der Waals surface area (Å²) in [7, 11) is 0. The zero-order chi connectivity index (χ0) is 9.14. The van der Waals surface area contributed by atoms with Crippen LogP contribution in [0.2, 0.25) is 0 Å². The minimum atomic E-state index is 0.185. The van der Waals surface area contributed by atoms with Crippen molar-refractivity contribution >= 4 is 21.6 Å². The number of hydrogen-bond donors (Lipinski definition) is 2. The van der Waals surface area contributed by atoms with Crippen LogP contribution < -0.4 is 5.84 Å². The van der Waals surface area contributed by atoms with E-state index in [2.05, 4.69) is 21.0 Å². The Morgan fingerprint density at radius 3 is 2.83 bits per heavy atom. The van der Waals surface area contributed by atoms with Crippen molar-refractivity contribution in [3.63, 3.8) is 0 Å². The van der Waals surface area contributed by atoms with Crippen molar-refractivity contribution < 1.29 is 5.11 Å². The van der Waals surface area contributed by atoms with Gasteiger partial charge in [0, 0.05) is 10.0 Å². The lowest BCUT2D eigenvalue weighted by molar-refractivity contribution is 0.474. The molecule has 0 aliphatic heterocycles. The molecule has 0 amide bonds. The van der Waals surface area contributed by atoms with E-state index < -0.39 is 0 Å². The first-order valence-electron chi connectivity index (χ1n) is 3.38. The van der Waals surface area contributed by atoms with E-state index >= 15 is 0 Å². The molecule has 0 bridgehead atoms. The van der Waals surface area contributed by atoms with E-state index in [-0.39, 0.29) is 5.75 Å². The van der Waals surface area contributed by atoms with E-state index in [4.69, 9.17) is 5.84 Å². The van der Waals surface area contributed by atoms with Gasteiger partial charge in [-0.25, -0.2) is 0 Å². The fraction of sp³-hybridized carbons (Fsp3) is 0.125. The molecule has 0 atom stereocenters. The standard InChI is InChI=1S/C8H9BrN2O/c1-5(11-10)7-4-6(9)2-3-8(7)12/h2-4,12H,10H2,1H3/b11-5-. The lowest BCUT2D eigenvalue weighted by Crippen LogP contribution is -1.98. The van der Waals surface area contributed by atoms with Crippen LogP contribution in [0.3, 0.4) is 0 Å². The van der Waals surface area contributed by atoms with Crippen molar-refractivity contribution in [1.29, 1.82) is 0 Å². The molecule has 3 nitrogen and oxygen atoms in total. The normalized spacial score (nSPS) is 11.7. The molecule has 0 radical (unpaired) electrons. The Morgan fingerprint density at radius 1 is 1.58 bits per heavy atom. The van der Waals surface area contributed by atoms with E-state index in [0.717, 1.165) is 4.47 Å². The zero-order valence-corrected chi connectivity index (χ0v) is 8.17. The van der Waals surface area contributed by atoms with Gasteiger partial charge in [0.1, 0.15) is 5.75 Å². The molecule has 0 aromatic heterocycles. The summed E-state index contributed by atoms with van der Waals surface area (Å²) in [6.07, 6.45) is 0. The van der Waals surface area contributed by atoms with Crippen LogP contribution in [0, 0.1) is 0 Å². The van der Waals surface area contributed by atoms with Crippen molar-refractivity contribution in [3.8, 4) is 5.75 Å². The van der Waals surface area contributed by atoms with Gasteiger partial charge in [-0.05, 0) is 25.1 Å². The summed E-state index contributed by atoms with van der Waals surface area (Å²) in [5.41, 5.74) is 1.25. The summed E-state index contributed by atoms with van der Waals surface area (Å²) < 4.78 is 0.887. The Morgan fingerprint density at radius 2 is 2.25 bits per heavy atom. The van der Waals surface area contributed by atoms with Gasteiger partial charge in [-0.3, -0.25) is 0 Å². The number of phenolic OH excluding ortho intramolecular Hbond substituents is 1. The Balaban J connectivity index is 3.23. The SMILES string of the molecule is C/C(=N/N)c1cc(Br)ccc1O. The van der Waals surface area contributed by atoms with Gasteiger partial charge in [0.05, 0.1) is 5.71 Å². The third-order valence-corrected chi connectivity index (χ3v) is 2.04. The molecule has 0 aliphatic carbocycles. The highest BCUT2D eigenvalue weighted by Gasteiger charge is 2.04. The maximum Gasteiger partial charge on any atom is 0.124 e. The first-order chi connectivity index (χ1) is 5.65.